The molecular weight excluding hydrogens is 770 g/mol. The average molecular weight is 818 g/mol. The number of amides is 4. The van der Waals surface area contributed by atoms with Crippen molar-refractivity contribution in [2.45, 2.75) is 82.9 Å². The fourth-order valence-corrected chi connectivity index (χ4v) is 5.84. The van der Waals surface area contributed by atoms with Crippen molar-refractivity contribution in [3.63, 3.8) is 0 Å². The largest absolute Gasteiger partial charge is 0.491 e. The van der Waals surface area contributed by atoms with Gasteiger partial charge in [-0.1, -0.05) is 20.3 Å². The summed E-state index contributed by atoms with van der Waals surface area (Å²) in [5.41, 5.74) is 0.377. The minimum absolute atomic E-state index is 0.0171. The molecule has 1 aromatic carbocycles. The quantitative estimate of drug-likeness (QED) is 0.0273. The first-order valence-corrected chi connectivity index (χ1v) is 19.1. The van der Waals surface area contributed by atoms with E-state index >= 15 is 0 Å². The molecule has 3 rings (SSSR count). The van der Waals surface area contributed by atoms with Gasteiger partial charge in [0.05, 0.1) is 19.1 Å². The number of carboxylic acids is 1. The van der Waals surface area contributed by atoms with Crippen LogP contribution in [0, 0.1) is 5.92 Å². The predicted octanol–water partition coefficient (Wildman–Crippen LogP) is -1.97. The molecule has 1 aromatic rings. The van der Waals surface area contributed by atoms with E-state index in [1.807, 2.05) is 0 Å². The van der Waals surface area contributed by atoms with E-state index in [4.69, 9.17) is 23.7 Å². The molecule has 0 bridgehead atoms. The summed E-state index contributed by atoms with van der Waals surface area (Å²) in [4.78, 5) is 72.9. The lowest BCUT2D eigenvalue weighted by Gasteiger charge is -2.38. The van der Waals surface area contributed by atoms with Crippen LogP contribution in [0.25, 0.3) is 0 Å². The van der Waals surface area contributed by atoms with Crippen LogP contribution >= 0.6 is 0 Å². The highest BCUT2D eigenvalue weighted by Crippen LogP contribution is 2.30. The maximum absolute atomic E-state index is 12.7. The first-order valence-electron chi connectivity index (χ1n) is 17.5. The van der Waals surface area contributed by atoms with Gasteiger partial charge in [0.1, 0.15) is 54.8 Å². The zero-order chi connectivity index (χ0) is 41.6. The molecule has 2 aliphatic heterocycles. The third-order valence-electron chi connectivity index (χ3n) is 8.19. The van der Waals surface area contributed by atoms with Gasteiger partial charge in [0.25, 0.3) is 21.9 Å². The molecule has 0 saturated carbocycles. The Balaban J connectivity index is 1.48. The average Bonchev–Trinajstić information content (AvgIpc) is 3.45. The molecule has 0 radical (unpaired) electrons. The predicted molar refractivity (Wildman–Crippen MR) is 188 cm³/mol. The molecule has 21 nitrogen and oxygen atoms in total. The molecule has 312 valence electrons. The number of aliphatic carboxylic acids is 1. The minimum Gasteiger partial charge on any atom is -0.491 e. The second-order valence-corrected chi connectivity index (χ2v) is 14.5. The number of benzene rings is 1. The van der Waals surface area contributed by atoms with Crippen LogP contribution in [0.1, 0.15) is 45.1 Å². The highest BCUT2D eigenvalue weighted by molar-refractivity contribution is 7.85. The van der Waals surface area contributed by atoms with Crippen molar-refractivity contribution in [2.24, 2.45) is 5.92 Å². The van der Waals surface area contributed by atoms with Crippen molar-refractivity contribution in [3.8, 4) is 11.5 Å². The van der Waals surface area contributed by atoms with E-state index in [2.05, 4.69) is 10.6 Å². The molecule has 0 aromatic heterocycles. The number of nitrogens with zero attached hydrogens (tertiary/aromatic N) is 1. The normalized spacial score (nSPS) is 21.5. The molecule has 1 fully saturated rings. The summed E-state index contributed by atoms with van der Waals surface area (Å²) >= 11 is 0. The minimum atomic E-state index is -4.67. The van der Waals surface area contributed by atoms with Crippen molar-refractivity contribution in [3.05, 3.63) is 35.9 Å². The fraction of sp³-hybridized carbons (Fsp3) is 0.588. The highest BCUT2D eigenvalue weighted by Gasteiger charge is 2.48. The van der Waals surface area contributed by atoms with Crippen molar-refractivity contribution in [1.29, 1.82) is 0 Å². The number of ether oxygens (including phenoxy) is 5. The number of hydrogen-bond acceptors (Lipinski definition) is 16. The van der Waals surface area contributed by atoms with Gasteiger partial charge in [-0.25, -0.2) is 4.79 Å². The Morgan fingerprint density at radius 3 is 2.29 bits per heavy atom. The Hall–Kier alpha value is -4.71. The van der Waals surface area contributed by atoms with Gasteiger partial charge in [0.2, 0.25) is 18.1 Å². The lowest BCUT2D eigenvalue weighted by molar-refractivity contribution is -0.271. The Bertz CT molecular complexity index is 1680. The zero-order valence-electron chi connectivity index (χ0n) is 30.6. The summed E-state index contributed by atoms with van der Waals surface area (Å²) in [5, 5.41) is 44.3. The number of aliphatic hydroxyl groups is 3. The molecular formula is C34H47N3O18S. The topological polar surface area (TPSA) is 311 Å². The van der Waals surface area contributed by atoms with Gasteiger partial charge in [0, 0.05) is 43.3 Å². The summed E-state index contributed by atoms with van der Waals surface area (Å²) in [6.07, 6.45) is -5.82. The van der Waals surface area contributed by atoms with Crippen molar-refractivity contribution >= 4 is 45.7 Å². The van der Waals surface area contributed by atoms with Crippen LogP contribution < -0.4 is 20.1 Å². The fourth-order valence-electron chi connectivity index (χ4n) is 5.19. The monoisotopic (exact) mass is 817 g/mol. The first kappa shape index (κ1) is 45.7. The molecule has 56 heavy (non-hydrogen) atoms. The van der Waals surface area contributed by atoms with Gasteiger partial charge in [-0.3, -0.25) is 33.4 Å². The van der Waals surface area contributed by atoms with Crippen LogP contribution in [0.3, 0.4) is 0 Å². The smallest absolute Gasteiger partial charge is 0.335 e. The van der Waals surface area contributed by atoms with Gasteiger partial charge in [-0.15, -0.1) is 0 Å². The van der Waals surface area contributed by atoms with Crippen LogP contribution in [-0.2, 0) is 59.7 Å². The van der Waals surface area contributed by atoms with Gasteiger partial charge in [0.15, 0.2) is 6.10 Å². The molecule has 6 atom stereocenters. The second kappa shape index (κ2) is 21.6. The molecule has 1 saturated heterocycles. The van der Waals surface area contributed by atoms with E-state index in [1.54, 1.807) is 13.8 Å². The Labute approximate surface area is 321 Å². The van der Waals surface area contributed by atoms with Gasteiger partial charge in [-0.05, 0) is 25.0 Å². The van der Waals surface area contributed by atoms with E-state index in [0.717, 1.165) is 17.1 Å². The number of imide groups is 1. The van der Waals surface area contributed by atoms with Crippen LogP contribution in [-0.4, -0.2) is 149 Å². The van der Waals surface area contributed by atoms with Crippen LogP contribution in [0.4, 0.5) is 0 Å². The lowest BCUT2D eigenvalue weighted by Crippen LogP contribution is -2.61. The maximum Gasteiger partial charge on any atom is 0.335 e. The summed E-state index contributed by atoms with van der Waals surface area (Å²) in [5.74, 6) is -5.91. The molecule has 0 spiro atoms. The van der Waals surface area contributed by atoms with Crippen molar-refractivity contribution < 1.29 is 85.8 Å². The van der Waals surface area contributed by atoms with Crippen molar-refractivity contribution in [2.75, 3.05) is 38.7 Å². The van der Waals surface area contributed by atoms with Gasteiger partial charge in [-0.2, -0.15) is 8.42 Å². The third-order valence-corrected chi connectivity index (χ3v) is 8.95. The number of hydrogen-bond donors (Lipinski definition) is 7. The van der Waals surface area contributed by atoms with E-state index in [-0.39, 0.29) is 57.4 Å². The number of esters is 1. The van der Waals surface area contributed by atoms with E-state index in [1.165, 1.54) is 18.2 Å². The Morgan fingerprint density at radius 2 is 1.64 bits per heavy atom. The number of carbonyl (C=O) groups excluding carboxylic acids is 5. The Kier molecular flexibility index (Phi) is 17.6. The van der Waals surface area contributed by atoms with E-state index in [0.29, 0.717) is 24.8 Å². The number of carboxylic acid groups (broad SMARTS) is 1. The third kappa shape index (κ3) is 14.4. The molecule has 2 heterocycles. The molecule has 22 heteroatoms. The number of aliphatic hydroxyl groups excluding tert-OH is 3. The summed E-state index contributed by atoms with van der Waals surface area (Å²) in [6, 6.07) is 2.55. The van der Waals surface area contributed by atoms with Gasteiger partial charge < -0.3 is 54.7 Å². The molecule has 1 unspecified atom stereocenters. The molecule has 2 aliphatic rings. The molecule has 0 aliphatic carbocycles. The lowest BCUT2D eigenvalue weighted by atomic mass is 9.99. The number of carbonyl (C=O) groups is 6. The second-order valence-electron chi connectivity index (χ2n) is 13.0. The zero-order valence-corrected chi connectivity index (χ0v) is 31.4. The van der Waals surface area contributed by atoms with Gasteiger partial charge >= 0.3 is 11.9 Å². The maximum atomic E-state index is 12.7. The highest BCUT2D eigenvalue weighted by atomic mass is 32.2. The number of nitrogens with one attached hydrogen (secondary N) is 2. The van der Waals surface area contributed by atoms with Crippen LogP contribution in [0.15, 0.2) is 30.4 Å². The van der Waals surface area contributed by atoms with Crippen LogP contribution in [0.2, 0.25) is 0 Å². The Morgan fingerprint density at radius 1 is 0.946 bits per heavy atom. The SMILES string of the molecule is CC(C)C(=O)OCc1ccc(O[C@@H]2OC(C(=O)O)[C@@H](O)[C@H](O)[C@H]2O)cc1OCCOCCNC(=O)[C@H](CS(=O)(=O)O)NC(=O)CCCCCN1C(=O)C=CC1=O. The van der Waals surface area contributed by atoms with E-state index in [9.17, 15) is 62.2 Å². The summed E-state index contributed by atoms with van der Waals surface area (Å²) < 4.78 is 59.6. The molecule has 4 amide bonds. The summed E-state index contributed by atoms with van der Waals surface area (Å²) in [6.45, 7) is 2.83. The summed E-state index contributed by atoms with van der Waals surface area (Å²) in [7, 11) is -4.67. The van der Waals surface area contributed by atoms with Crippen LogP contribution in [0.5, 0.6) is 11.5 Å². The van der Waals surface area contributed by atoms with Crippen molar-refractivity contribution in [1.82, 2.24) is 15.5 Å². The molecule has 7 N–H and O–H groups in total. The number of rotatable bonds is 23. The van der Waals surface area contributed by atoms with E-state index < -0.39 is 94.1 Å². The standard InChI is InChI=1S/C34H47N3O18S/c1-19(2)33(47)53-17-20-7-8-21(54-34-29(43)27(41)28(42)30(55-34)32(45)46)16-23(20)52-15-14-51-13-11-35-31(44)22(18-56(48,49)50)36-24(38)6-4-3-5-12-37-25(39)9-10-26(37)40/h7-10,16,19,22,27-30,34,41-43H,3-6,11-15,17-18H2,1-2H3,(H,35,44)(H,36,38)(H,45,46)(H,48,49,50)/t22-,27-,28-,29+,30?,34+/m0/s1. The first-order chi connectivity index (χ1) is 26.4. The number of unbranched alkanes of at least 4 members (excludes halogenated alkanes) is 2.